The summed E-state index contributed by atoms with van der Waals surface area (Å²) in [5.74, 6) is 1.92. The van der Waals surface area contributed by atoms with E-state index in [-0.39, 0.29) is 5.56 Å². The Labute approximate surface area is 235 Å². The van der Waals surface area contributed by atoms with Crippen LogP contribution in [-0.2, 0) is 11.4 Å². The minimum Gasteiger partial charge on any atom is -0.591 e. The molecule has 1 spiro atoms. The minimum absolute atomic E-state index is 0.190. The van der Waals surface area contributed by atoms with Crippen LogP contribution in [0.2, 0.25) is 10.0 Å². The lowest BCUT2D eigenvalue weighted by atomic mass is 9.85. The summed E-state index contributed by atoms with van der Waals surface area (Å²) in [6, 6.07) is 13.0. The van der Waals surface area contributed by atoms with Crippen molar-refractivity contribution in [2.45, 2.75) is 57.8 Å². The Morgan fingerprint density at radius 3 is 2.45 bits per heavy atom. The van der Waals surface area contributed by atoms with Crippen LogP contribution < -0.4 is 15.2 Å². The van der Waals surface area contributed by atoms with E-state index in [9.17, 15) is 9.35 Å². The summed E-state index contributed by atoms with van der Waals surface area (Å²) in [7, 11) is 0. The van der Waals surface area contributed by atoms with Crippen molar-refractivity contribution in [2.75, 3.05) is 18.0 Å². The predicted octanol–water partition coefficient (Wildman–Crippen LogP) is 5.84. The molecule has 1 unspecified atom stereocenters. The molecule has 0 N–H and O–H groups in total. The van der Waals surface area contributed by atoms with Gasteiger partial charge in [0, 0.05) is 31.5 Å². The van der Waals surface area contributed by atoms with Crippen LogP contribution in [0.4, 0.5) is 5.82 Å². The number of aryl methyl sites for hydroxylation is 1. The standard InChI is InChI=1S/C28H30Cl2N4O3S/c1-17-25(31-18(2)34(26(17)35)21-11-8-10-20(29)23(21)30)33-15-13-28(14-16-33)24(32-38(36)27(3,4)5)19-9-6-7-12-22(19)37-28/h6-12H,13-16H2,1-5H3/b32-24-. The van der Waals surface area contributed by atoms with Gasteiger partial charge in [-0.1, -0.05) is 45.8 Å². The van der Waals surface area contributed by atoms with Gasteiger partial charge in [-0.05, 0) is 58.9 Å². The number of nitrogens with zero attached hydrogens (tertiary/aromatic N) is 4. The van der Waals surface area contributed by atoms with Gasteiger partial charge in [-0.25, -0.2) is 4.98 Å². The zero-order valence-corrected chi connectivity index (χ0v) is 24.4. The molecule has 38 heavy (non-hydrogen) atoms. The molecule has 2 aliphatic rings. The molecule has 2 aliphatic heterocycles. The van der Waals surface area contributed by atoms with Crippen LogP contribution in [0.3, 0.4) is 0 Å². The fraction of sp³-hybridized carbons (Fsp3) is 0.393. The summed E-state index contributed by atoms with van der Waals surface area (Å²) in [4.78, 5) is 20.4. The normalized spacial score (nSPS) is 18.5. The van der Waals surface area contributed by atoms with E-state index in [1.165, 1.54) is 4.57 Å². The van der Waals surface area contributed by atoms with Crippen molar-refractivity contribution in [2.24, 2.45) is 4.40 Å². The molecule has 0 aliphatic carbocycles. The third-order valence-electron chi connectivity index (χ3n) is 7.07. The second kappa shape index (κ2) is 9.90. The SMILES string of the molecule is Cc1c(N2CCC3(CC2)Oc2ccccc2/C3=N/[S+]([O-])C(C)(C)C)nc(C)n(-c2cccc(Cl)c2Cl)c1=O. The van der Waals surface area contributed by atoms with Crippen molar-refractivity contribution in [1.82, 2.24) is 9.55 Å². The fourth-order valence-corrected chi connectivity index (χ4v) is 6.06. The number of benzene rings is 2. The average molecular weight is 574 g/mol. The molecule has 2 aromatic carbocycles. The molecular formula is C28H30Cl2N4O3S. The largest absolute Gasteiger partial charge is 0.591 e. The summed E-state index contributed by atoms with van der Waals surface area (Å²) in [6.07, 6.45) is 1.23. The molecule has 200 valence electrons. The Bertz CT molecular complexity index is 1490. The lowest BCUT2D eigenvalue weighted by molar-refractivity contribution is 0.124. The van der Waals surface area contributed by atoms with Crippen LogP contribution in [0.1, 0.15) is 50.6 Å². The molecule has 0 bridgehead atoms. The number of anilines is 1. The number of rotatable bonds is 3. The number of piperidine rings is 1. The van der Waals surface area contributed by atoms with E-state index in [0.29, 0.717) is 58.9 Å². The molecule has 7 nitrogen and oxygen atoms in total. The van der Waals surface area contributed by atoms with Crippen molar-refractivity contribution in [3.8, 4) is 11.4 Å². The van der Waals surface area contributed by atoms with Gasteiger partial charge in [0.2, 0.25) is 0 Å². The zero-order valence-electron chi connectivity index (χ0n) is 22.0. The highest BCUT2D eigenvalue weighted by Gasteiger charge is 2.50. The van der Waals surface area contributed by atoms with Crippen LogP contribution in [-0.4, -0.2) is 43.3 Å². The van der Waals surface area contributed by atoms with Crippen molar-refractivity contribution >= 4 is 46.1 Å². The maximum atomic E-state index is 13.5. The molecule has 3 aromatic rings. The first-order valence-corrected chi connectivity index (χ1v) is 14.4. The van der Waals surface area contributed by atoms with Crippen molar-refractivity contribution < 1.29 is 9.29 Å². The molecule has 0 amide bonds. The van der Waals surface area contributed by atoms with Gasteiger partial charge in [-0.3, -0.25) is 9.36 Å². The molecule has 0 saturated carbocycles. The van der Waals surface area contributed by atoms with Crippen LogP contribution in [0.5, 0.6) is 5.75 Å². The van der Waals surface area contributed by atoms with Crippen LogP contribution in [0.25, 0.3) is 5.69 Å². The molecule has 3 heterocycles. The fourth-order valence-electron chi connectivity index (χ4n) is 4.98. The first-order chi connectivity index (χ1) is 17.9. The topological polar surface area (TPSA) is 82.8 Å². The molecule has 0 radical (unpaired) electrons. The van der Waals surface area contributed by atoms with E-state index in [1.807, 2.05) is 45.0 Å². The summed E-state index contributed by atoms with van der Waals surface area (Å²) in [5.41, 5.74) is 1.81. The lowest BCUT2D eigenvalue weighted by Crippen LogP contribution is -2.52. The Morgan fingerprint density at radius 2 is 1.76 bits per heavy atom. The van der Waals surface area contributed by atoms with Gasteiger partial charge in [-0.2, -0.15) is 0 Å². The van der Waals surface area contributed by atoms with Crippen LogP contribution in [0, 0.1) is 13.8 Å². The van der Waals surface area contributed by atoms with Gasteiger partial charge in [0.15, 0.2) is 5.60 Å². The predicted molar refractivity (Wildman–Crippen MR) is 155 cm³/mol. The molecule has 1 saturated heterocycles. The van der Waals surface area contributed by atoms with E-state index >= 15 is 0 Å². The number of fused-ring (bicyclic) bond motifs is 1. The van der Waals surface area contributed by atoms with Gasteiger partial charge in [0.25, 0.3) is 5.56 Å². The maximum absolute atomic E-state index is 13.5. The highest BCUT2D eigenvalue weighted by atomic mass is 35.5. The van der Waals surface area contributed by atoms with Crippen LogP contribution in [0.15, 0.2) is 51.7 Å². The smallest absolute Gasteiger partial charge is 0.263 e. The van der Waals surface area contributed by atoms with Gasteiger partial charge in [-0.15, -0.1) is 0 Å². The number of aromatic nitrogens is 2. The van der Waals surface area contributed by atoms with Gasteiger partial charge in [0.1, 0.15) is 39.2 Å². The summed E-state index contributed by atoms with van der Waals surface area (Å²) in [5, 5.41) is 0.687. The van der Waals surface area contributed by atoms with Gasteiger partial charge >= 0.3 is 0 Å². The first kappa shape index (κ1) is 27.1. The third kappa shape index (κ3) is 4.62. The number of halogens is 2. The summed E-state index contributed by atoms with van der Waals surface area (Å²) in [6.45, 7) is 10.5. The van der Waals surface area contributed by atoms with E-state index < -0.39 is 21.7 Å². The van der Waals surface area contributed by atoms with E-state index in [4.69, 9.17) is 37.3 Å². The Hall–Kier alpha value is -2.52. The molecular weight excluding hydrogens is 543 g/mol. The molecule has 1 atom stereocenters. The summed E-state index contributed by atoms with van der Waals surface area (Å²) < 4.78 is 25.3. The molecule has 1 fully saturated rings. The van der Waals surface area contributed by atoms with Crippen molar-refractivity contribution in [3.05, 3.63) is 79.8 Å². The van der Waals surface area contributed by atoms with Crippen LogP contribution >= 0.6 is 23.2 Å². The van der Waals surface area contributed by atoms with Gasteiger partial charge in [0.05, 0.1) is 21.3 Å². The van der Waals surface area contributed by atoms with Crippen molar-refractivity contribution in [1.29, 1.82) is 0 Å². The maximum Gasteiger partial charge on any atom is 0.263 e. The first-order valence-electron chi connectivity index (χ1n) is 12.5. The highest BCUT2D eigenvalue weighted by molar-refractivity contribution is 7.91. The number of hydrogen-bond donors (Lipinski definition) is 0. The molecule has 1 aromatic heterocycles. The quantitative estimate of drug-likeness (QED) is 0.368. The monoisotopic (exact) mass is 572 g/mol. The second-order valence-corrected chi connectivity index (χ2v) is 13.4. The Morgan fingerprint density at radius 1 is 1.08 bits per heavy atom. The van der Waals surface area contributed by atoms with Crippen molar-refractivity contribution in [3.63, 3.8) is 0 Å². The average Bonchev–Trinajstić information content (AvgIpc) is 3.16. The highest BCUT2D eigenvalue weighted by Crippen LogP contribution is 2.43. The number of ether oxygens (including phenoxy) is 1. The number of para-hydroxylation sites is 1. The molecule has 10 heteroatoms. The molecule has 5 rings (SSSR count). The zero-order chi connectivity index (χ0) is 27.4. The Kier molecular flexibility index (Phi) is 7.05. The van der Waals surface area contributed by atoms with E-state index in [2.05, 4.69) is 4.90 Å². The van der Waals surface area contributed by atoms with E-state index in [0.717, 1.165) is 17.0 Å². The number of hydrogen-bond acceptors (Lipinski definition) is 6. The Balaban J connectivity index is 1.47. The van der Waals surface area contributed by atoms with E-state index in [1.54, 1.807) is 32.0 Å². The minimum atomic E-state index is -1.42. The lowest BCUT2D eigenvalue weighted by Gasteiger charge is -2.39. The second-order valence-electron chi connectivity index (χ2n) is 10.7. The summed E-state index contributed by atoms with van der Waals surface area (Å²) >= 11 is 11.2. The van der Waals surface area contributed by atoms with Gasteiger partial charge < -0.3 is 14.2 Å². The third-order valence-corrected chi connectivity index (χ3v) is 9.28.